The molecule has 0 aromatic carbocycles. The first-order valence-electron chi connectivity index (χ1n) is 8.07. The molecule has 1 aliphatic heterocycles. The minimum atomic E-state index is -0.0823. The van der Waals surface area contributed by atoms with Crippen LogP contribution in [0.2, 0.25) is 0 Å². The van der Waals surface area contributed by atoms with Crippen molar-refractivity contribution >= 4 is 11.7 Å². The van der Waals surface area contributed by atoms with E-state index in [1.165, 1.54) is 12.8 Å². The summed E-state index contributed by atoms with van der Waals surface area (Å²) in [4.78, 5) is 23.7. The molecule has 1 amide bonds. The summed E-state index contributed by atoms with van der Waals surface area (Å²) >= 11 is 0. The molecule has 2 aromatic heterocycles. The zero-order chi connectivity index (χ0) is 16.0. The van der Waals surface area contributed by atoms with Crippen LogP contribution < -0.4 is 5.32 Å². The van der Waals surface area contributed by atoms with E-state index in [-0.39, 0.29) is 11.9 Å². The van der Waals surface area contributed by atoms with E-state index in [2.05, 4.69) is 20.4 Å². The van der Waals surface area contributed by atoms with Crippen molar-refractivity contribution in [2.45, 2.75) is 38.3 Å². The number of nitrogens with one attached hydrogen (secondary N) is 1. The zero-order valence-corrected chi connectivity index (χ0v) is 13.4. The van der Waals surface area contributed by atoms with Gasteiger partial charge in [-0.1, -0.05) is 0 Å². The summed E-state index contributed by atoms with van der Waals surface area (Å²) < 4.78 is 1.96. The quantitative estimate of drug-likeness (QED) is 0.935. The van der Waals surface area contributed by atoms with Gasteiger partial charge >= 0.3 is 0 Å². The summed E-state index contributed by atoms with van der Waals surface area (Å²) in [6.07, 6.45) is 4.05. The highest BCUT2D eigenvalue weighted by Gasteiger charge is 2.35. The van der Waals surface area contributed by atoms with Crippen molar-refractivity contribution < 1.29 is 4.79 Å². The Labute approximate surface area is 134 Å². The standard InChI is InChI=1S/C16H20N6O/c1-10-15-19-13(11-5-6-11)20-22(15)9-8-21(10)16(23)12-4-3-7-18-14(12)17-2/h3-4,7,10-11H,5-6,8-9H2,1-2H3,(H,17,18)/t10-/m1/s1. The van der Waals surface area contributed by atoms with Crippen molar-refractivity contribution in [2.24, 2.45) is 0 Å². The first kappa shape index (κ1) is 14.2. The van der Waals surface area contributed by atoms with Gasteiger partial charge in [-0.25, -0.2) is 14.6 Å². The van der Waals surface area contributed by atoms with Crippen LogP contribution in [0.15, 0.2) is 18.3 Å². The third-order valence-electron chi connectivity index (χ3n) is 4.59. The highest BCUT2D eigenvalue weighted by atomic mass is 16.2. The van der Waals surface area contributed by atoms with Crippen LogP contribution in [0.4, 0.5) is 5.82 Å². The molecular formula is C16H20N6O. The van der Waals surface area contributed by atoms with E-state index in [4.69, 9.17) is 0 Å². The van der Waals surface area contributed by atoms with Crippen molar-refractivity contribution in [2.75, 3.05) is 18.9 Å². The minimum Gasteiger partial charge on any atom is -0.372 e. The topological polar surface area (TPSA) is 75.9 Å². The Morgan fingerprint density at radius 1 is 1.35 bits per heavy atom. The van der Waals surface area contributed by atoms with Gasteiger partial charge in [0.2, 0.25) is 0 Å². The molecule has 0 spiro atoms. The SMILES string of the molecule is CNc1ncccc1C(=O)N1CCn2nc(C3CC3)nc2[C@H]1C. The van der Waals surface area contributed by atoms with Gasteiger partial charge in [0.25, 0.3) is 5.91 Å². The molecule has 2 aromatic rings. The number of amides is 1. The summed E-state index contributed by atoms with van der Waals surface area (Å²) in [5.74, 6) is 2.95. The Hall–Kier alpha value is -2.44. The van der Waals surface area contributed by atoms with Crippen molar-refractivity contribution in [1.82, 2.24) is 24.6 Å². The van der Waals surface area contributed by atoms with E-state index in [9.17, 15) is 4.79 Å². The van der Waals surface area contributed by atoms with Crippen LogP contribution in [0.25, 0.3) is 0 Å². The molecule has 4 rings (SSSR count). The molecule has 0 saturated heterocycles. The first-order valence-corrected chi connectivity index (χ1v) is 8.07. The van der Waals surface area contributed by atoms with Gasteiger partial charge in [0, 0.05) is 25.7 Å². The van der Waals surface area contributed by atoms with Gasteiger partial charge in [-0.15, -0.1) is 0 Å². The third kappa shape index (κ3) is 2.36. The van der Waals surface area contributed by atoms with E-state index >= 15 is 0 Å². The number of carbonyl (C=O) groups excluding carboxylic acids is 1. The predicted octanol–water partition coefficient (Wildman–Crippen LogP) is 1.81. The largest absolute Gasteiger partial charge is 0.372 e. The molecule has 1 fully saturated rings. The van der Waals surface area contributed by atoms with Crippen LogP contribution in [0.1, 0.15) is 53.7 Å². The van der Waals surface area contributed by atoms with Crippen LogP contribution >= 0.6 is 0 Å². The number of anilines is 1. The molecule has 3 heterocycles. The second kappa shape index (κ2) is 5.33. The maximum atomic E-state index is 12.9. The summed E-state index contributed by atoms with van der Waals surface area (Å²) in [5.41, 5.74) is 0.595. The fraction of sp³-hybridized carbons (Fsp3) is 0.500. The lowest BCUT2D eigenvalue weighted by Gasteiger charge is -2.33. The summed E-state index contributed by atoms with van der Waals surface area (Å²) in [6, 6.07) is 3.51. The summed E-state index contributed by atoms with van der Waals surface area (Å²) in [5, 5.41) is 7.59. The molecule has 120 valence electrons. The Balaban J connectivity index is 1.63. The zero-order valence-electron chi connectivity index (χ0n) is 13.4. The lowest BCUT2D eigenvalue weighted by molar-refractivity contribution is 0.0631. The Kier molecular flexibility index (Phi) is 3.28. The molecule has 1 aliphatic carbocycles. The van der Waals surface area contributed by atoms with E-state index in [0.29, 0.717) is 30.4 Å². The highest BCUT2D eigenvalue weighted by Crippen LogP contribution is 2.39. The lowest BCUT2D eigenvalue weighted by Crippen LogP contribution is -2.41. The number of rotatable bonds is 3. The van der Waals surface area contributed by atoms with Crippen molar-refractivity contribution in [3.8, 4) is 0 Å². The molecule has 1 atom stereocenters. The Morgan fingerprint density at radius 3 is 2.91 bits per heavy atom. The number of aromatic nitrogens is 4. The molecule has 1 N–H and O–H groups in total. The Bertz CT molecular complexity index is 751. The number of nitrogens with zero attached hydrogens (tertiary/aromatic N) is 5. The van der Waals surface area contributed by atoms with Gasteiger partial charge < -0.3 is 10.2 Å². The van der Waals surface area contributed by atoms with Gasteiger partial charge in [-0.05, 0) is 31.9 Å². The number of fused-ring (bicyclic) bond motifs is 1. The average molecular weight is 312 g/mol. The maximum Gasteiger partial charge on any atom is 0.258 e. The molecule has 0 radical (unpaired) electrons. The van der Waals surface area contributed by atoms with E-state index < -0.39 is 0 Å². The van der Waals surface area contributed by atoms with Crippen LogP contribution in [0, 0.1) is 0 Å². The van der Waals surface area contributed by atoms with Crippen molar-refractivity contribution in [3.05, 3.63) is 35.5 Å². The van der Waals surface area contributed by atoms with E-state index in [1.807, 2.05) is 22.6 Å². The second-order valence-corrected chi connectivity index (χ2v) is 6.15. The molecule has 23 heavy (non-hydrogen) atoms. The van der Waals surface area contributed by atoms with Crippen LogP contribution in [0.3, 0.4) is 0 Å². The number of carbonyl (C=O) groups is 1. The molecule has 7 nitrogen and oxygen atoms in total. The monoisotopic (exact) mass is 312 g/mol. The lowest BCUT2D eigenvalue weighted by atomic mass is 10.1. The number of pyridine rings is 1. The molecule has 1 saturated carbocycles. The average Bonchev–Trinajstić information content (AvgIpc) is 3.34. The van der Waals surface area contributed by atoms with Crippen molar-refractivity contribution in [3.63, 3.8) is 0 Å². The van der Waals surface area contributed by atoms with Gasteiger partial charge in [0.1, 0.15) is 11.6 Å². The maximum absolute atomic E-state index is 12.9. The fourth-order valence-corrected chi connectivity index (χ4v) is 3.11. The highest BCUT2D eigenvalue weighted by molar-refractivity contribution is 5.98. The van der Waals surface area contributed by atoms with Crippen molar-refractivity contribution in [1.29, 1.82) is 0 Å². The van der Waals surface area contributed by atoms with Gasteiger partial charge in [-0.3, -0.25) is 4.79 Å². The van der Waals surface area contributed by atoms with Crippen LogP contribution in [-0.4, -0.2) is 44.1 Å². The van der Waals surface area contributed by atoms with Crippen LogP contribution in [-0.2, 0) is 6.54 Å². The van der Waals surface area contributed by atoms with Gasteiger partial charge in [-0.2, -0.15) is 5.10 Å². The number of hydrogen-bond acceptors (Lipinski definition) is 5. The second-order valence-electron chi connectivity index (χ2n) is 6.15. The van der Waals surface area contributed by atoms with Gasteiger partial charge in [0.05, 0.1) is 18.2 Å². The van der Waals surface area contributed by atoms with Crippen LogP contribution in [0.5, 0.6) is 0 Å². The summed E-state index contributed by atoms with van der Waals surface area (Å²) in [6.45, 7) is 3.35. The smallest absolute Gasteiger partial charge is 0.258 e. The summed E-state index contributed by atoms with van der Waals surface area (Å²) in [7, 11) is 1.78. The molecule has 7 heteroatoms. The Morgan fingerprint density at radius 2 is 2.17 bits per heavy atom. The number of hydrogen-bond donors (Lipinski definition) is 1. The van der Waals surface area contributed by atoms with E-state index in [1.54, 1.807) is 19.3 Å². The fourth-order valence-electron chi connectivity index (χ4n) is 3.11. The minimum absolute atomic E-state index is 0.0165. The van der Waals surface area contributed by atoms with E-state index in [0.717, 1.165) is 11.6 Å². The molecule has 0 unspecified atom stereocenters. The molecule has 0 bridgehead atoms. The first-order chi connectivity index (χ1) is 11.2. The normalized spacial score (nSPS) is 20.3. The van der Waals surface area contributed by atoms with Gasteiger partial charge in [0.15, 0.2) is 5.82 Å². The molecular weight excluding hydrogens is 292 g/mol. The molecule has 2 aliphatic rings. The third-order valence-corrected chi connectivity index (χ3v) is 4.59. The predicted molar refractivity (Wildman–Crippen MR) is 85.2 cm³/mol.